The number of aliphatic hydroxyl groups excluding tert-OH is 1. The number of hydrogen-bond donors (Lipinski definition) is 1. The largest absolute Gasteiger partial charge is 0.384 e. The summed E-state index contributed by atoms with van der Waals surface area (Å²) >= 11 is 0. The third-order valence-electron chi connectivity index (χ3n) is 3.37. The Morgan fingerprint density at radius 2 is 1.95 bits per heavy atom. The molecular weight excluding hydrogens is 270 g/mol. The first-order valence-corrected chi connectivity index (χ1v) is 6.72. The summed E-state index contributed by atoms with van der Waals surface area (Å²) in [6, 6.07) is 1.63. The van der Waals surface area contributed by atoms with Crippen molar-refractivity contribution in [3.63, 3.8) is 0 Å². The predicted molar refractivity (Wildman–Crippen MR) is 76.4 cm³/mol. The third-order valence-corrected chi connectivity index (χ3v) is 3.37. The molecule has 0 bridgehead atoms. The van der Waals surface area contributed by atoms with E-state index in [2.05, 4.69) is 16.8 Å². The van der Waals surface area contributed by atoms with Crippen LogP contribution in [0.25, 0.3) is 0 Å². The van der Waals surface area contributed by atoms with Gasteiger partial charge in [-0.15, -0.1) is 0 Å². The standard InChI is InChI=1S/C15H17N3O3/c1-12(20)17-6-8-18(9-7-17)15(21)14-4-5-16-11-13(14)3-2-10-19/h4-5,11,19H,6-10H2,1H3. The van der Waals surface area contributed by atoms with Gasteiger partial charge in [0, 0.05) is 45.5 Å². The first-order valence-electron chi connectivity index (χ1n) is 6.72. The fourth-order valence-corrected chi connectivity index (χ4v) is 2.21. The van der Waals surface area contributed by atoms with E-state index in [4.69, 9.17) is 5.11 Å². The Labute approximate surface area is 123 Å². The molecule has 2 rings (SSSR count). The van der Waals surface area contributed by atoms with E-state index in [1.165, 1.54) is 13.1 Å². The van der Waals surface area contributed by atoms with E-state index < -0.39 is 0 Å². The smallest absolute Gasteiger partial charge is 0.255 e. The minimum Gasteiger partial charge on any atom is -0.384 e. The zero-order valence-electron chi connectivity index (χ0n) is 11.9. The highest BCUT2D eigenvalue weighted by molar-refractivity contribution is 5.96. The lowest BCUT2D eigenvalue weighted by atomic mass is 10.1. The number of aliphatic hydroxyl groups is 1. The lowest BCUT2D eigenvalue weighted by Gasteiger charge is -2.34. The molecule has 1 aromatic rings. The summed E-state index contributed by atoms with van der Waals surface area (Å²) in [7, 11) is 0. The molecule has 0 saturated carbocycles. The Kier molecular flexibility index (Phi) is 4.90. The average Bonchev–Trinajstić information content (AvgIpc) is 2.52. The minimum absolute atomic E-state index is 0.0283. The summed E-state index contributed by atoms with van der Waals surface area (Å²) in [6.45, 7) is 3.37. The Bertz CT molecular complexity index is 596. The quantitative estimate of drug-likeness (QED) is 0.722. The average molecular weight is 287 g/mol. The van der Waals surface area contributed by atoms with E-state index in [0.29, 0.717) is 37.3 Å². The van der Waals surface area contributed by atoms with E-state index in [1.54, 1.807) is 22.1 Å². The number of rotatable bonds is 1. The van der Waals surface area contributed by atoms with Crippen LogP contribution < -0.4 is 0 Å². The molecule has 1 saturated heterocycles. The predicted octanol–water partition coefficient (Wildman–Crippen LogP) is -0.270. The van der Waals surface area contributed by atoms with Crippen LogP contribution in [-0.2, 0) is 4.79 Å². The van der Waals surface area contributed by atoms with Gasteiger partial charge in [0.15, 0.2) is 0 Å². The van der Waals surface area contributed by atoms with Gasteiger partial charge in [0.25, 0.3) is 5.91 Å². The summed E-state index contributed by atoms with van der Waals surface area (Å²) in [4.78, 5) is 31.2. The molecule has 0 spiro atoms. The maximum Gasteiger partial charge on any atom is 0.255 e. The van der Waals surface area contributed by atoms with E-state index in [1.807, 2.05) is 0 Å². The molecule has 1 aliphatic rings. The topological polar surface area (TPSA) is 73.7 Å². The van der Waals surface area contributed by atoms with Gasteiger partial charge < -0.3 is 14.9 Å². The Balaban J connectivity index is 2.13. The van der Waals surface area contributed by atoms with E-state index in [-0.39, 0.29) is 18.4 Å². The Hall–Kier alpha value is -2.39. The highest BCUT2D eigenvalue weighted by Crippen LogP contribution is 2.12. The monoisotopic (exact) mass is 287 g/mol. The zero-order chi connectivity index (χ0) is 15.2. The fourth-order valence-electron chi connectivity index (χ4n) is 2.21. The van der Waals surface area contributed by atoms with Crippen LogP contribution in [0.1, 0.15) is 22.8 Å². The van der Waals surface area contributed by atoms with Crippen LogP contribution in [0.3, 0.4) is 0 Å². The van der Waals surface area contributed by atoms with E-state index >= 15 is 0 Å². The summed E-state index contributed by atoms with van der Waals surface area (Å²) in [6.07, 6.45) is 3.06. The highest BCUT2D eigenvalue weighted by Gasteiger charge is 2.24. The van der Waals surface area contributed by atoms with Gasteiger partial charge in [-0.2, -0.15) is 0 Å². The molecule has 0 unspecified atom stereocenters. The van der Waals surface area contributed by atoms with E-state index in [0.717, 1.165) is 0 Å². The second kappa shape index (κ2) is 6.86. The van der Waals surface area contributed by atoms with Crippen LogP contribution in [0.4, 0.5) is 0 Å². The number of aromatic nitrogens is 1. The lowest BCUT2D eigenvalue weighted by Crippen LogP contribution is -2.50. The zero-order valence-corrected chi connectivity index (χ0v) is 11.9. The fraction of sp³-hybridized carbons (Fsp3) is 0.400. The van der Waals surface area contributed by atoms with Crippen molar-refractivity contribution in [3.05, 3.63) is 29.6 Å². The Morgan fingerprint density at radius 1 is 1.29 bits per heavy atom. The van der Waals surface area contributed by atoms with Crippen LogP contribution in [0.5, 0.6) is 0 Å². The molecule has 6 heteroatoms. The molecular formula is C15H17N3O3. The number of pyridine rings is 1. The lowest BCUT2D eigenvalue weighted by molar-refractivity contribution is -0.130. The summed E-state index contributed by atoms with van der Waals surface area (Å²) in [5.41, 5.74) is 0.979. The molecule has 0 atom stereocenters. The molecule has 1 fully saturated rings. The number of piperazine rings is 1. The maximum absolute atomic E-state index is 12.5. The van der Waals surface area contributed by atoms with Crippen molar-refractivity contribution >= 4 is 11.8 Å². The van der Waals surface area contributed by atoms with E-state index in [9.17, 15) is 9.59 Å². The van der Waals surface area contributed by atoms with Gasteiger partial charge in [-0.1, -0.05) is 11.8 Å². The molecule has 0 radical (unpaired) electrons. The van der Waals surface area contributed by atoms with Crippen LogP contribution >= 0.6 is 0 Å². The molecule has 2 amide bonds. The second-order valence-electron chi connectivity index (χ2n) is 4.68. The first kappa shape index (κ1) is 15.0. The number of carbonyl (C=O) groups excluding carboxylic acids is 2. The second-order valence-corrected chi connectivity index (χ2v) is 4.68. The molecule has 6 nitrogen and oxygen atoms in total. The van der Waals surface area contributed by atoms with Crippen molar-refractivity contribution in [2.45, 2.75) is 6.92 Å². The maximum atomic E-state index is 12.5. The van der Waals surface area contributed by atoms with Crippen molar-refractivity contribution in [1.82, 2.24) is 14.8 Å². The van der Waals surface area contributed by atoms with Gasteiger partial charge >= 0.3 is 0 Å². The van der Waals surface area contributed by atoms with Crippen molar-refractivity contribution in [3.8, 4) is 11.8 Å². The van der Waals surface area contributed by atoms with Crippen LogP contribution in [0, 0.1) is 11.8 Å². The van der Waals surface area contributed by atoms with Crippen LogP contribution in [0.15, 0.2) is 18.5 Å². The SMILES string of the molecule is CC(=O)N1CCN(C(=O)c2ccncc2C#CCO)CC1. The van der Waals surface area contributed by atoms with Crippen molar-refractivity contribution in [2.24, 2.45) is 0 Å². The molecule has 0 aliphatic carbocycles. The van der Waals surface area contributed by atoms with Gasteiger partial charge in [-0.05, 0) is 6.07 Å². The van der Waals surface area contributed by atoms with Gasteiger partial charge in [0.1, 0.15) is 6.61 Å². The first-order chi connectivity index (χ1) is 10.1. The summed E-state index contributed by atoms with van der Waals surface area (Å²) in [5.74, 6) is 5.17. The van der Waals surface area contributed by atoms with Gasteiger partial charge in [-0.3, -0.25) is 14.6 Å². The molecule has 1 N–H and O–H groups in total. The number of amides is 2. The highest BCUT2D eigenvalue weighted by atomic mass is 16.2. The minimum atomic E-state index is -0.264. The number of nitrogens with zero attached hydrogens (tertiary/aromatic N) is 3. The normalized spacial score (nSPS) is 14.4. The molecule has 0 aromatic carbocycles. The van der Waals surface area contributed by atoms with Crippen LogP contribution in [-0.4, -0.2) is 64.5 Å². The number of carbonyl (C=O) groups is 2. The van der Waals surface area contributed by atoms with Crippen molar-refractivity contribution in [2.75, 3.05) is 32.8 Å². The molecule has 2 heterocycles. The molecule has 110 valence electrons. The van der Waals surface area contributed by atoms with Gasteiger partial charge in [0.2, 0.25) is 5.91 Å². The summed E-state index contributed by atoms with van der Waals surface area (Å²) < 4.78 is 0. The molecule has 21 heavy (non-hydrogen) atoms. The van der Waals surface area contributed by atoms with Gasteiger partial charge in [0.05, 0.1) is 11.1 Å². The van der Waals surface area contributed by atoms with Crippen molar-refractivity contribution < 1.29 is 14.7 Å². The number of hydrogen-bond acceptors (Lipinski definition) is 4. The summed E-state index contributed by atoms with van der Waals surface area (Å²) in [5, 5.41) is 8.76. The Morgan fingerprint density at radius 3 is 2.57 bits per heavy atom. The van der Waals surface area contributed by atoms with Crippen molar-refractivity contribution in [1.29, 1.82) is 0 Å². The van der Waals surface area contributed by atoms with Crippen LogP contribution in [0.2, 0.25) is 0 Å². The molecule has 1 aliphatic heterocycles. The molecule has 1 aromatic heterocycles. The van der Waals surface area contributed by atoms with Gasteiger partial charge in [-0.25, -0.2) is 0 Å². The third kappa shape index (κ3) is 3.58.